The van der Waals surface area contributed by atoms with Gasteiger partial charge in [-0.15, -0.1) is 0 Å². The molecule has 1 heteroatoms. The SMILES string of the molecule is C/C=C/[CH]CO. The zero-order chi connectivity index (χ0) is 4.83. The highest BCUT2D eigenvalue weighted by Gasteiger charge is 1.66. The van der Waals surface area contributed by atoms with Crippen molar-refractivity contribution in [2.24, 2.45) is 0 Å². The molecule has 0 aliphatic carbocycles. The van der Waals surface area contributed by atoms with Crippen molar-refractivity contribution in [3.8, 4) is 0 Å². The van der Waals surface area contributed by atoms with Gasteiger partial charge in [-0.2, -0.15) is 0 Å². The second kappa shape index (κ2) is 4.70. The minimum absolute atomic E-state index is 0.143. The van der Waals surface area contributed by atoms with Crippen LogP contribution in [0, 0.1) is 6.42 Å². The van der Waals surface area contributed by atoms with Crippen molar-refractivity contribution in [3.05, 3.63) is 18.6 Å². The van der Waals surface area contributed by atoms with Crippen molar-refractivity contribution in [2.75, 3.05) is 6.61 Å². The zero-order valence-corrected chi connectivity index (χ0v) is 3.89. The van der Waals surface area contributed by atoms with Gasteiger partial charge in [0.25, 0.3) is 0 Å². The quantitative estimate of drug-likeness (QED) is 0.524. The summed E-state index contributed by atoms with van der Waals surface area (Å²) in [4.78, 5) is 0. The number of aliphatic hydroxyl groups excluding tert-OH is 1. The summed E-state index contributed by atoms with van der Waals surface area (Å²) < 4.78 is 0. The first kappa shape index (κ1) is 5.70. The van der Waals surface area contributed by atoms with Crippen molar-refractivity contribution in [1.82, 2.24) is 0 Å². The van der Waals surface area contributed by atoms with E-state index in [4.69, 9.17) is 5.11 Å². The van der Waals surface area contributed by atoms with E-state index in [1.807, 2.05) is 13.0 Å². The minimum Gasteiger partial charge on any atom is -0.396 e. The Morgan fingerprint density at radius 1 is 1.67 bits per heavy atom. The molecule has 0 rings (SSSR count). The van der Waals surface area contributed by atoms with E-state index in [2.05, 4.69) is 0 Å². The van der Waals surface area contributed by atoms with Crippen LogP contribution in [-0.4, -0.2) is 11.7 Å². The lowest BCUT2D eigenvalue weighted by Gasteiger charge is -1.75. The van der Waals surface area contributed by atoms with Gasteiger partial charge in [0.2, 0.25) is 0 Å². The third-order valence-electron chi connectivity index (χ3n) is 0.434. The van der Waals surface area contributed by atoms with Crippen molar-refractivity contribution < 1.29 is 5.11 Å². The molecule has 1 N–H and O–H groups in total. The fourth-order valence-electron chi connectivity index (χ4n) is 0.197. The first-order chi connectivity index (χ1) is 2.91. The fourth-order valence-corrected chi connectivity index (χ4v) is 0.197. The lowest BCUT2D eigenvalue weighted by molar-refractivity contribution is 0.332. The highest BCUT2D eigenvalue weighted by atomic mass is 16.2. The van der Waals surface area contributed by atoms with E-state index >= 15 is 0 Å². The standard InChI is InChI=1S/C5H9O/c1-2-3-4-5-6/h2-4,6H,5H2,1H3/b3-2+. The molecule has 6 heavy (non-hydrogen) atoms. The summed E-state index contributed by atoms with van der Waals surface area (Å²) in [5.74, 6) is 0. The van der Waals surface area contributed by atoms with Crippen LogP contribution in [0.5, 0.6) is 0 Å². The summed E-state index contributed by atoms with van der Waals surface area (Å²) in [5, 5.41) is 8.09. The summed E-state index contributed by atoms with van der Waals surface area (Å²) in [6, 6.07) is 0. The minimum atomic E-state index is 0.143. The van der Waals surface area contributed by atoms with Gasteiger partial charge in [0.15, 0.2) is 0 Å². The second-order valence-corrected chi connectivity index (χ2v) is 0.944. The van der Waals surface area contributed by atoms with E-state index in [0.29, 0.717) is 0 Å². The summed E-state index contributed by atoms with van der Waals surface area (Å²) in [6.07, 6.45) is 5.36. The van der Waals surface area contributed by atoms with Gasteiger partial charge in [0, 0.05) is 13.0 Å². The van der Waals surface area contributed by atoms with Crippen molar-refractivity contribution in [2.45, 2.75) is 6.92 Å². The number of hydrogen-bond acceptors (Lipinski definition) is 1. The molecule has 0 saturated carbocycles. The highest BCUT2D eigenvalue weighted by Crippen LogP contribution is 1.73. The molecule has 1 radical (unpaired) electrons. The second-order valence-electron chi connectivity index (χ2n) is 0.944. The Hall–Kier alpha value is -0.300. The molecule has 0 saturated heterocycles. The van der Waals surface area contributed by atoms with Crippen molar-refractivity contribution in [3.63, 3.8) is 0 Å². The summed E-state index contributed by atoms with van der Waals surface area (Å²) in [6.45, 7) is 2.05. The zero-order valence-electron chi connectivity index (χ0n) is 3.89. The molecule has 0 heterocycles. The first-order valence-corrected chi connectivity index (χ1v) is 1.97. The largest absolute Gasteiger partial charge is 0.396 e. The van der Waals surface area contributed by atoms with Gasteiger partial charge in [-0.3, -0.25) is 0 Å². The third kappa shape index (κ3) is 3.70. The molecule has 1 nitrogen and oxygen atoms in total. The third-order valence-corrected chi connectivity index (χ3v) is 0.434. The molecule has 0 aromatic rings. The Morgan fingerprint density at radius 2 is 2.33 bits per heavy atom. The summed E-state index contributed by atoms with van der Waals surface area (Å²) >= 11 is 0. The molecule has 0 spiro atoms. The lowest BCUT2D eigenvalue weighted by atomic mass is 10.4. The van der Waals surface area contributed by atoms with Gasteiger partial charge >= 0.3 is 0 Å². The molecule has 0 fully saturated rings. The molecule has 0 atom stereocenters. The molecule has 0 bridgehead atoms. The van der Waals surface area contributed by atoms with Crippen LogP contribution in [-0.2, 0) is 0 Å². The van der Waals surface area contributed by atoms with Gasteiger partial charge in [-0.25, -0.2) is 0 Å². The predicted molar refractivity (Wildman–Crippen MR) is 26.2 cm³/mol. The lowest BCUT2D eigenvalue weighted by Crippen LogP contribution is -1.74. The average Bonchev–Trinajstić information content (AvgIpc) is 1.61. The molecule has 0 aromatic carbocycles. The maximum absolute atomic E-state index is 8.09. The van der Waals surface area contributed by atoms with Crippen LogP contribution in [0.1, 0.15) is 6.92 Å². The van der Waals surface area contributed by atoms with Crippen molar-refractivity contribution >= 4 is 0 Å². The molecule has 0 aliphatic heterocycles. The molecular weight excluding hydrogens is 76.1 g/mol. The smallest absolute Gasteiger partial charge is 0.0500 e. The monoisotopic (exact) mass is 85.1 g/mol. The molecule has 0 unspecified atom stereocenters. The van der Waals surface area contributed by atoms with Crippen LogP contribution in [0.25, 0.3) is 0 Å². The number of rotatable bonds is 2. The first-order valence-electron chi connectivity index (χ1n) is 1.97. The van der Waals surface area contributed by atoms with Crippen LogP contribution >= 0.6 is 0 Å². The van der Waals surface area contributed by atoms with E-state index in [1.165, 1.54) is 0 Å². The van der Waals surface area contributed by atoms with Gasteiger partial charge in [0.05, 0.1) is 0 Å². The van der Waals surface area contributed by atoms with Crippen LogP contribution < -0.4 is 0 Å². The van der Waals surface area contributed by atoms with Crippen LogP contribution in [0.3, 0.4) is 0 Å². The maximum atomic E-state index is 8.09. The molecule has 0 aliphatic rings. The van der Waals surface area contributed by atoms with Gasteiger partial charge in [-0.05, 0) is 6.92 Å². The Labute approximate surface area is 38.3 Å². The number of allylic oxidation sites excluding steroid dienone is 1. The fraction of sp³-hybridized carbons (Fsp3) is 0.400. The Balaban J connectivity index is 2.66. The van der Waals surface area contributed by atoms with E-state index in [9.17, 15) is 0 Å². The molecule has 35 valence electrons. The van der Waals surface area contributed by atoms with Crippen molar-refractivity contribution in [1.29, 1.82) is 0 Å². The van der Waals surface area contributed by atoms with E-state index in [1.54, 1.807) is 12.5 Å². The molecular formula is C5H9O. The molecule has 0 amide bonds. The normalized spacial score (nSPS) is 10.3. The van der Waals surface area contributed by atoms with Crippen LogP contribution in [0.15, 0.2) is 12.2 Å². The summed E-state index contributed by atoms with van der Waals surface area (Å²) in [7, 11) is 0. The van der Waals surface area contributed by atoms with Gasteiger partial charge in [-0.1, -0.05) is 12.2 Å². The maximum Gasteiger partial charge on any atom is 0.0500 e. The van der Waals surface area contributed by atoms with E-state index < -0.39 is 0 Å². The topological polar surface area (TPSA) is 20.2 Å². The van der Waals surface area contributed by atoms with E-state index in [0.717, 1.165) is 0 Å². The van der Waals surface area contributed by atoms with Gasteiger partial charge in [0.1, 0.15) is 0 Å². The van der Waals surface area contributed by atoms with Gasteiger partial charge < -0.3 is 5.11 Å². The number of aliphatic hydroxyl groups is 1. The number of hydrogen-bond donors (Lipinski definition) is 1. The summed E-state index contributed by atoms with van der Waals surface area (Å²) in [5.41, 5.74) is 0. The van der Waals surface area contributed by atoms with Crippen LogP contribution in [0.2, 0.25) is 0 Å². The highest BCUT2D eigenvalue weighted by molar-refractivity contribution is 4.91. The Bertz CT molecular complexity index is 39.2. The average molecular weight is 85.1 g/mol. The molecule has 0 aromatic heterocycles. The Morgan fingerprint density at radius 3 is 2.50 bits per heavy atom. The Kier molecular flexibility index (Phi) is 4.46. The van der Waals surface area contributed by atoms with E-state index in [-0.39, 0.29) is 6.61 Å². The van der Waals surface area contributed by atoms with Crippen LogP contribution in [0.4, 0.5) is 0 Å². The predicted octanol–water partition coefficient (Wildman–Crippen LogP) is 0.759.